The number of likely N-dealkylation sites (tertiary alicyclic amines) is 1. The van der Waals surface area contributed by atoms with Gasteiger partial charge in [-0.1, -0.05) is 42.5 Å². The van der Waals surface area contributed by atoms with E-state index in [1.54, 1.807) is 0 Å². The molecule has 2 heterocycles. The summed E-state index contributed by atoms with van der Waals surface area (Å²) in [5.74, 6) is -0.0679. The van der Waals surface area contributed by atoms with Crippen LogP contribution in [0.3, 0.4) is 0 Å². The highest BCUT2D eigenvalue weighted by Gasteiger charge is 2.42. The van der Waals surface area contributed by atoms with Gasteiger partial charge in [0.25, 0.3) is 0 Å². The third-order valence-electron chi connectivity index (χ3n) is 5.40. The predicted molar refractivity (Wildman–Crippen MR) is 112 cm³/mol. The minimum absolute atomic E-state index is 0.0679. The molecule has 1 fully saturated rings. The van der Waals surface area contributed by atoms with Crippen molar-refractivity contribution in [1.29, 1.82) is 0 Å². The third kappa shape index (κ3) is 5.10. The maximum atomic E-state index is 12.9. The first-order valence-electron chi connectivity index (χ1n) is 10.3. The highest BCUT2D eigenvalue weighted by atomic mass is 16.5. The molecular formula is C23H31N3O2. The molecule has 150 valence electrons. The zero-order chi connectivity index (χ0) is 19.8. The number of allylic oxidation sites excluding steroid dienone is 1. The first-order valence-corrected chi connectivity index (χ1v) is 10.3. The van der Waals surface area contributed by atoms with Crippen LogP contribution in [0.4, 0.5) is 0 Å². The average Bonchev–Trinajstić information content (AvgIpc) is 3.17. The number of hydrogen-bond acceptors (Lipinski definition) is 4. The molecule has 1 aromatic heterocycles. The smallest absolute Gasteiger partial charge is 0.313 e. The second-order valence-electron chi connectivity index (χ2n) is 7.54. The molecule has 0 radical (unpaired) electrons. The fourth-order valence-corrected chi connectivity index (χ4v) is 3.97. The van der Waals surface area contributed by atoms with E-state index in [1.807, 2.05) is 36.0 Å². The summed E-state index contributed by atoms with van der Waals surface area (Å²) in [6, 6.07) is 10.2. The second-order valence-corrected chi connectivity index (χ2v) is 7.54. The summed E-state index contributed by atoms with van der Waals surface area (Å²) in [6.45, 7) is 7.81. The summed E-state index contributed by atoms with van der Waals surface area (Å²) in [6.07, 6.45) is 10.8. The van der Waals surface area contributed by atoms with Crippen molar-refractivity contribution in [3.8, 4) is 0 Å². The molecule has 0 unspecified atom stereocenters. The Hall–Kier alpha value is -2.40. The van der Waals surface area contributed by atoms with Crippen molar-refractivity contribution in [2.75, 3.05) is 19.7 Å². The SMILES string of the molecule is CCOC(=O)[C@]1(C/C=C/c2ccccc2)CCCN(Cc2cnn(CC)c2)C1. The van der Waals surface area contributed by atoms with Crippen LogP contribution in [0.15, 0.2) is 48.8 Å². The quantitative estimate of drug-likeness (QED) is 0.645. The maximum absolute atomic E-state index is 12.9. The molecule has 5 heteroatoms. The van der Waals surface area contributed by atoms with Crippen LogP contribution in [0.5, 0.6) is 0 Å². The van der Waals surface area contributed by atoms with Crippen LogP contribution in [0.25, 0.3) is 6.08 Å². The Labute approximate surface area is 168 Å². The van der Waals surface area contributed by atoms with Crippen molar-refractivity contribution in [2.24, 2.45) is 5.41 Å². The zero-order valence-corrected chi connectivity index (χ0v) is 17.0. The Morgan fingerprint density at radius 3 is 2.82 bits per heavy atom. The van der Waals surface area contributed by atoms with Crippen molar-refractivity contribution in [3.63, 3.8) is 0 Å². The highest BCUT2D eigenvalue weighted by molar-refractivity contribution is 5.77. The van der Waals surface area contributed by atoms with E-state index >= 15 is 0 Å². The number of hydrogen-bond donors (Lipinski definition) is 0. The van der Waals surface area contributed by atoms with E-state index in [2.05, 4.69) is 47.4 Å². The largest absolute Gasteiger partial charge is 0.466 e. The van der Waals surface area contributed by atoms with Crippen molar-refractivity contribution in [1.82, 2.24) is 14.7 Å². The Morgan fingerprint density at radius 2 is 2.11 bits per heavy atom. The lowest BCUT2D eigenvalue weighted by Gasteiger charge is -2.40. The lowest BCUT2D eigenvalue weighted by atomic mass is 9.76. The molecule has 2 aromatic rings. The molecule has 0 aliphatic carbocycles. The topological polar surface area (TPSA) is 47.4 Å². The molecular weight excluding hydrogens is 350 g/mol. The van der Waals surface area contributed by atoms with E-state index in [9.17, 15) is 4.79 Å². The van der Waals surface area contributed by atoms with E-state index in [4.69, 9.17) is 4.74 Å². The molecule has 1 aliphatic heterocycles. The number of nitrogens with zero attached hydrogens (tertiary/aromatic N) is 3. The molecule has 0 N–H and O–H groups in total. The minimum atomic E-state index is -0.472. The molecule has 0 amide bonds. The Morgan fingerprint density at radius 1 is 1.29 bits per heavy atom. The van der Waals surface area contributed by atoms with Crippen LogP contribution in [0.2, 0.25) is 0 Å². The maximum Gasteiger partial charge on any atom is 0.313 e. The lowest BCUT2D eigenvalue weighted by Crippen LogP contribution is -2.48. The summed E-state index contributed by atoms with van der Waals surface area (Å²) in [5.41, 5.74) is 1.88. The molecule has 0 spiro atoms. The Bertz CT molecular complexity index is 784. The number of piperidine rings is 1. The Balaban J connectivity index is 1.72. The third-order valence-corrected chi connectivity index (χ3v) is 5.40. The van der Waals surface area contributed by atoms with Crippen LogP contribution in [-0.2, 0) is 22.6 Å². The van der Waals surface area contributed by atoms with Crippen LogP contribution in [0, 0.1) is 5.41 Å². The van der Waals surface area contributed by atoms with Crippen molar-refractivity contribution < 1.29 is 9.53 Å². The van der Waals surface area contributed by atoms with Gasteiger partial charge in [0, 0.05) is 31.4 Å². The summed E-state index contributed by atoms with van der Waals surface area (Å²) in [4.78, 5) is 15.3. The highest BCUT2D eigenvalue weighted by Crippen LogP contribution is 2.36. The molecule has 0 bridgehead atoms. The van der Waals surface area contributed by atoms with Crippen molar-refractivity contribution in [3.05, 3.63) is 59.9 Å². The van der Waals surface area contributed by atoms with Gasteiger partial charge in [0.05, 0.1) is 18.2 Å². The van der Waals surface area contributed by atoms with E-state index in [0.29, 0.717) is 13.0 Å². The number of benzene rings is 1. The molecule has 1 atom stereocenters. The number of rotatable bonds is 8. The van der Waals surface area contributed by atoms with Crippen LogP contribution < -0.4 is 0 Å². The fraction of sp³-hybridized carbons (Fsp3) is 0.478. The normalized spacial score (nSPS) is 20.5. The average molecular weight is 382 g/mol. The van der Waals surface area contributed by atoms with Crippen molar-refractivity contribution >= 4 is 12.0 Å². The zero-order valence-electron chi connectivity index (χ0n) is 17.0. The molecule has 5 nitrogen and oxygen atoms in total. The number of carbonyl (C=O) groups excluding carboxylic acids is 1. The van der Waals surface area contributed by atoms with Gasteiger partial charge in [0.2, 0.25) is 0 Å². The van der Waals surface area contributed by atoms with E-state index in [1.165, 1.54) is 5.56 Å². The van der Waals surface area contributed by atoms with Gasteiger partial charge in [-0.15, -0.1) is 0 Å². The molecule has 0 saturated carbocycles. The summed E-state index contributed by atoms with van der Waals surface area (Å²) in [5, 5.41) is 4.37. The predicted octanol–water partition coefficient (Wildman–Crippen LogP) is 4.15. The number of ether oxygens (including phenoxy) is 1. The van der Waals surface area contributed by atoms with Gasteiger partial charge in [0.1, 0.15) is 0 Å². The van der Waals surface area contributed by atoms with Gasteiger partial charge in [-0.2, -0.15) is 5.10 Å². The lowest BCUT2D eigenvalue weighted by molar-refractivity contribution is -0.159. The first kappa shape index (κ1) is 20.3. The van der Waals surface area contributed by atoms with Gasteiger partial charge in [0.15, 0.2) is 0 Å². The number of esters is 1. The summed E-state index contributed by atoms with van der Waals surface area (Å²) < 4.78 is 7.44. The molecule has 28 heavy (non-hydrogen) atoms. The van der Waals surface area contributed by atoms with Crippen LogP contribution in [-0.4, -0.2) is 40.3 Å². The number of carbonyl (C=O) groups is 1. The van der Waals surface area contributed by atoms with Gasteiger partial charge in [-0.3, -0.25) is 14.4 Å². The molecule has 1 saturated heterocycles. The first-order chi connectivity index (χ1) is 13.6. The van der Waals surface area contributed by atoms with Gasteiger partial charge < -0.3 is 4.74 Å². The van der Waals surface area contributed by atoms with Gasteiger partial charge in [-0.05, 0) is 45.2 Å². The summed E-state index contributed by atoms with van der Waals surface area (Å²) >= 11 is 0. The standard InChI is InChI=1S/C23H31N3O2/c1-3-26-18-21(16-24-26)17-25-15-9-14-23(19-25,22(27)28-4-2)13-8-12-20-10-6-5-7-11-20/h5-8,10-12,16,18H,3-4,9,13-15,17,19H2,1-2H3/b12-8+/t23-/m1/s1. The summed E-state index contributed by atoms with van der Waals surface area (Å²) in [7, 11) is 0. The molecule has 1 aromatic carbocycles. The van der Waals surface area contributed by atoms with E-state index in [0.717, 1.165) is 44.6 Å². The van der Waals surface area contributed by atoms with Crippen molar-refractivity contribution in [2.45, 2.75) is 46.2 Å². The van der Waals surface area contributed by atoms with Gasteiger partial charge in [-0.25, -0.2) is 0 Å². The van der Waals surface area contributed by atoms with Crippen LogP contribution >= 0.6 is 0 Å². The number of aryl methyl sites for hydroxylation is 1. The van der Waals surface area contributed by atoms with Crippen LogP contribution in [0.1, 0.15) is 44.2 Å². The molecule has 1 aliphatic rings. The monoisotopic (exact) mass is 381 g/mol. The van der Waals surface area contributed by atoms with E-state index in [-0.39, 0.29) is 5.97 Å². The fourth-order valence-electron chi connectivity index (χ4n) is 3.97. The molecule has 3 rings (SSSR count). The van der Waals surface area contributed by atoms with E-state index < -0.39 is 5.41 Å². The Kier molecular flexibility index (Phi) is 7.04. The minimum Gasteiger partial charge on any atom is -0.466 e. The number of aromatic nitrogens is 2. The van der Waals surface area contributed by atoms with Gasteiger partial charge >= 0.3 is 5.97 Å². The second kappa shape index (κ2) is 9.69.